The highest BCUT2D eigenvalue weighted by molar-refractivity contribution is 7.12. The van der Waals surface area contributed by atoms with E-state index >= 15 is 0 Å². The zero-order valence-electron chi connectivity index (χ0n) is 11.2. The Kier molecular flexibility index (Phi) is 6.73. The highest BCUT2D eigenvalue weighted by atomic mass is 32.1. The summed E-state index contributed by atoms with van der Waals surface area (Å²) in [6, 6.07) is 4.41. The molecule has 1 aromatic rings. The molecule has 1 unspecified atom stereocenters. The first-order valence-electron chi connectivity index (χ1n) is 6.25. The van der Waals surface area contributed by atoms with Gasteiger partial charge in [0.15, 0.2) is 6.29 Å². The molecule has 0 radical (unpaired) electrons. The van der Waals surface area contributed by atoms with Gasteiger partial charge in [-0.15, -0.1) is 11.3 Å². The predicted octanol–water partition coefficient (Wildman–Crippen LogP) is 3.11. The van der Waals surface area contributed by atoms with E-state index in [0.717, 1.165) is 6.54 Å². The van der Waals surface area contributed by atoms with Crippen molar-refractivity contribution < 1.29 is 9.47 Å². The van der Waals surface area contributed by atoms with Crippen LogP contribution in [0.3, 0.4) is 0 Å². The highest BCUT2D eigenvalue weighted by Gasteiger charge is 2.24. The van der Waals surface area contributed by atoms with E-state index in [1.807, 2.05) is 13.8 Å². The lowest BCUT2D eigenvalue weighted by atomic mass is 10.2. The summed E-state index contributed by atoms with van der Waals surface area (Å²) in [4.78, 5) is 2.59. The van der Waals surface area contributed by atoms with Gasteiger partial charge in [-0.25, -0.2) is 0 Å². The molecule has 0 aliphatic rings. The van der Waals surface area contributed by atoms with Gasteiger partial charge in [0.2, 0.25) is 0 Å². The first kappa shape index (κ1) is 14.6. The Morgan fingerprint density at radius 3 is 2.24 bits per heavy atom. The third-order valence-corrected chi connectivity index (χ3v) is 3.51. The van der Waals surface area contributed by atoms with Crippen molar-refractivity contribution in [2.24, 2.45) is 0 Å². The van der Waals surface area contributed by atoms with Crippen molar-refractivity contribution in [3.05, 3.63) is 21.9 Å². The van der Waals surface area contributed by atoms with Crippen molar-refractivity contribution in [3.8, 4) is 0 Å². The van der Waals surface area contributed by atoms with Gasteiger partial charge in [-0.05, 0) is 39.4 Å². The standard InChI is InChI=1S/C13H23NO2S/c1-5-14-12(11-9-8-10(4)17-11)13(15-6-2)16-7-3/h8-9,12-14H,5-7H2,1-4H3. The van der Waals surface area contributed by atoms with Crippen molar-refractivity contribution in [1.29, 1.82) is 0 Å². The minimum atomic E-state index is -0.206. The Bertz CT molecular complexity index is 308. The van der Waals surface area contributed by atoms with Crippen LogP contribution in [0.25, 0.3) is 0 Å². The Labute approximate surface area is 108 Å². The van der Waals surface area contributed by atoms with Crippen LogP contribution in [0.5, 0.6) is 0 Å². The van der Waals surface area contributed by atoms with E-state index in [1.54, 1.807) is 11.3 Å². The normalized spacial score (nSPS) is 13.2. The van der Waals surface area contributed by atoms with Gasteiger partial charge in [-0.2, -0.15) is 0 Å². The summed E-state index contributed by atoms with van der Waals surface area (Å²) < 4.78 is 11.4. The first-order valence-corrected chi connectivity index (χ1v) is 7.07. The molecule has 0 aliphatic carbocycles. The van der Waals surface area contributed by atoms with E-state index in [4.69, 9.17) is 9.47 Å². The van der Waals surface area contributed by atoms with Crippen LogP contribution in [0, 0.1) is 6.92 Å². The average molecular weight is 257 g/mol. The van der Waals surface area contributed by atoms with Crippen molar-refractivity contribution >= 4 is 11.3 Å². The van der Waals surface area contributed by atoms with Crippen LogP contribution in [0.2, 0.25) is 0 Å². The smallest absolute Gasteiger partial charge is 0.177 e. The number of thiophene rings is 1. The van der Waals surface area contributed by atoms with Crippen LogP contribution in [0.1, 0.15) is 36.6 Å². The molecule has 17 heavy (non-hydrogen) atoms. The van der Waals surface area contributed by atoms with Crippen LogP contribution < -0.4 is 5.32 Å². The highest BCUT2D eigenvalue weighted by Crippen LogP contribution is 2.27. The molecule has 1 N–H and O–H groups in total. The van der Waals surface area contributed by atoms with Gasteiger partial charge in [0.25, 0.3) is 0 Å². The van der Waals surface area contributed by atoms with Crippen molar-refractivity contribution in [3.63, 3.8) is 0 Å². The molecule has 0 bridgehead atoms. The Balaban J connectivity index is 2.80. The molecule has 1 rings (SSSR count). The van der Waals surface area contributed by atoms with Crippen LogP contribution >= 0.6 is 11.3 Å². The fraction of sp³-hybridized carbons (Fsp3) is 0.692. The Morgan fingerprint density at radius 2 is 1.82 bits per heavy atom. The molecule has 0 spiro atoms. The number of ether oxygens (including phenoxy) is 2. The van der Waals surface area contributed by atoms with Crippen LogP contribution in [0.15, 0.2) is 12.1 Å². The van der Waals surface area contributed by atoms with E-state index < -0.39 is 0 Å². The molecular formula is C13H23NO2S. The van der Waals surface area contributed by atoms with Gasteiger partial charge < -0.3 is 14.8 Å². The third kappa shape index (κ3) is 4.39. The summed E-state index contributed by atoms with van der Waals surface area (Å²) in [6.07, 6.45) is -0.206. The lowest BCUT2D eigenvalue weighted by Gasteiger charge is -2.26. The van der Waals surface area contributed by atoms with E-state index in [1.165, 1.54) is 9.75 Å². The second-order valence-electron chi connectivity index (χ2n) is 3.76. The number of likely N-dealkylation sites (N-methyl/N-ethyl adjacent to an activating group) is 1. The minimum absolute atomic E-state index is 0.124. The van der Waals surface area contributed by atoms with E-state index in [2.05, 4.69) is 31.3 Å². The maximum atomic E-state index is 5.68. The fourth-order valence-corrected chi connectivity index (χ4v) is 2.71. The maximum Gasteiger partial charge on any atom is 0.177 e. The number of rotatable bonds is 8. The molecule has 1 aromatic heterocycles. The number of hydrogen-bond acceptors (Lipinski definition) is 4. The third-order valence-electron chi connectivity index (χ3n) is 2.43. The van der Waals surface area contributed by atoms with Crippen molar-refractivity contribution in [1.82, 2.24) is 5.32 Å². The monoisotopic (exact) mass is 257 g/mol. The van der Waals surface area contributed by atoms with Gasteiger partial charge in [-0.1, -0.05) is 6.92 Å². The van der Waals surface area contributed by atoms with Gasteiger partial charge in [0, 0.05) is 23.0 Å². The lowest BCUT2D eigenvalue weighted by Crippen LogP contribution is -2.35. The molecule has 1 atom stereocenters. The molecule has 0 fully saturated rings. The molecule has 0 aliphatic heterocycles. The van der Waals surface area contributed by atoms with Crippen molar-refractivity contribution in [2.75, 3.05) is 19.8 Å². The topological polar surface area (TPSA) is 30.5 Å². The zero-order chi connectivity index (χ0) is 12.7. The van der Waals surface area contributed by atoms with Crippen LogP contribution in [-0.2, 0) is 9.47 Å². The summed E-state index contributed by atoms with van der Waals surface area (Å²) in [6.45, 7) is 10.4. The summed E-state index contributed by atoms with van der Waals surface area (Å²) >= 11 is 1.79. The average Bonchev–Trinajstić information content (AvgIpc) is 2.72. The molecular weight excluding hydrogens is 234 g/mol. The Hall–Kier alpha value is -0.420. The molecule has 0 saturated heterocycles. The van der Waals surface area contributed by atoms with Crippen LogP contribution in [0.4, 0.5) is 0 Å². The minimum Gasteiger partial charge on any atom is -0.351 e. The summed E-state index contributed by atoms with van der Waals surface area (Å²) in [5.41, 5.74) is 0. The molecule has 0 amide bonds. The quantitative estimate of drug-likeness (QED) is 0.726. The van der Waals surface area contributed by atoms with Crippen LogP contribution in [-0.4, -0.2) is 26.0 Å². The SMILES string of the molecule is CCNC(c1ccc(C)s1)C(OCC)OCC. The number of hydrogen-bond donors (Lipinski definition) is 1. The summed E-state index contributed by atoms with van der Waals surface area (Å²) in [5, 5.41) is 3.44. The lowest BCUT2D eigenvalue weighted by molar-refractivity contribution is -0.154. The Morgan fingerprint density at radius 1 is 1.18 bits per heavy atom. The summed E-state index contributed by atoms with van der Waals surface area (Å²) in [5.74, 6) is 0. The molecule has 0 saturated carbocycles. The van der Waals surface area contributed by atoms with Crippen molar-refractivity contribution in [2.45, 2.75) is 40.0 Å². The maximum absolute atomic E-state index is 5.68. The molecule has 3 nitrogen and oxygen atoms in total. The first-order chi connectivity index (χ1) is 8.22. The summed E-state index contributed by atoms with van der Waals surface area (Å²) in [7, 11) is 0. The second kappa shape index (κ2) is 7.82. The van der Waals surface area contributed by atoms with E-state index in [-0.39, 0.29) is 12.3 Å². The zero-order valence-corrected chi connectivity index (χ0v) is 12.0. The van der Waals surface area contributed by atoms with Gasteiger partial charge in [-0.3, -0.25) is 0 Å². The number of nitrogens with one attached hydrogen (secondary N) is 1. The van der Waals surface area contributed by atoms with E-state index in [0.29, 0.717) is 13.2 Å². The predicted molar refractivity (Wildman–Crippen MR) is 72.5 cm³/mol. The van der Waals surface area contributed by atoms with Gasteiger partial charge in [0.1, 0.15) is 0 Å². The van der Waals surface area contributed by atoms with Gasteiger partial charge >= 0.3 is 0 Å². The molecule has 4 heteroatoms. The number of aryl methyl sites for hydroxylation is 1. The van der Waals surface area contributed by atoms with E-state index in [9.17, 15) is 0 Å². The molecule has 1 heterocycles. The largest absolute Gasteiger partial charge is 0.351 e. The molecule has 98 valence electrons. The second-order valence-corrected chi connectivity index (χ2v) is 5.08. The molecule has 0 aromatic carbocycles. The fourth-order valence-electron chi connectivity index (χ4n) is 1.74. The van der Waals surface area contributed by atoms with Gasteiger partial charge in [0.05, 0.1) is 6.04 Å².